The van der Waals surface area contributed by atoms with Gasteiger partial charge >= 0.3 is 0 Å². The average Bonchev–Trinajstić information content (AvgIpc) is 2.18. The van der Waals surface area contributed by atoms with Crippen LogP contribution in [-0.4, -0.2) is 10.3 Å². The molecule has 14 heavy (non-hydrogen) atoms. The van der Waals surface area contributed by atoms with Gasteiger partial charge in [0.2, 0.25) is 0 Å². The molecule has 0 spiro atoms. The molecule has 1 aromatic rings. The molecule has 0 saturated heterocycles. The SMILES string of the molecule is CCC(CS)Cn1c(C)cccc1=O. The number of aryl methyl sites for hydroxylation is 1. The topological polar surface area (TPSA) is 22.0 Å². The summed E-state index contributed by atoms with van der Waals surface area (Å²) < 4.78 is 1.82. The van der Waals surface area contributed by atoms with Crippen LogP contribution in [0.1, 0.15) is 19.0 Å². The molecule has 0 aromatic carbocycles. The highest BCUT2D eigenvalue weighted by Crippen LogP contribution is 2.08. The third kappa shape index (κ3) is 2.64. The van der Waals surface area contributed by atoms with Crippen molar-refractivity contribution >= 4 is 12.6 Å². The highest BCUT2D eigenvalue weighted by Gasteiger charge is 2.07. The quantitative estimate of drug-likeness (QED) is 0.757. The summed E-state index contributed by atoms with van der Waals surface area (Å²) in [7, 11) is 0. The normalized spacial score (nSPS) is 12.8. The van der Waals surface area contributed by atoms with E-state index in [1.54, 1.807) is 12.1 Å². The first-order valence-electron chi connectivity index (χ1n) is 4.96. The van der Waals surface area contributed by atoms with E-state index in [0.717, 1.165) is 24.4 Å². The van der Waals surface area contributed by atoms with E-state index in [2.05, 4.69) is 19.6 Å². The van der Waals surface area contributed by atoms with Gasteiger partial charge in [0.05, 0.1) is 0 Å². The number of thiol groups is 1. The Kier molecular flexibility index (Phi) is 4.26. The highest BCUT2D eigenvalue weighted by atomic mass is 32.1. The summed E-state index contributed by atoms with van der Waals surface area (Å²) in [6.45, 7) is 4.88. The van der Waals surface area contributed by atoms with E-state index in [4.69, 9.17) is 0 Å². The standard InChI is InChI=1S/C11H17NOS/c1-3-10(8-14)7-12-9(2)5-4-6-11(12)13/h4-6,10,14H,3,7-8H2,1-2H3. The van der Waals surface area contributed by atoms with Crippen molar-refractivity contribution in [1.82, 2.24) is 4.57 Å². The Labute approximate surface area is 90.4 Å². The van der Waals surface area contributed by atoms with Crippen LogP contribution in [0.5, 0.6) is 0 Å². The zero-order chi connectivity index (χ0) is 10.6. The van der Waals surface area contributed by atoms with Gasteiger partial charge in [0.1, 0.15) is 0 Å². The lowest BCUT2D eigenvalue weighted by Crippen LogP contribution is -2.25. The Morgan fingerprint density at radius 1 is 1.50 bits per heavy atom. The molecule has 0 N–H and O–H groups in total. The monoisotopic (exact) mass is 211 g/mol. The molecule has 78 valence electrons. The van der Waals surface area contributed by atoms with Crippen molar-refractivity contribution in [3.63, 3.8) is 0 Å². The van der Waals surface area contributed by atoms with E-state index in [1.807, 2.05) is 17.6 Å². The number of aromatic nitrogens is 1. The molecule has 3 heteroatoms. The van der Waals surface area contributed by atoms with Crippen molar-refractivity contribution < 1.29 is 0 Å². The van der Waals surface area contributed by atoms with Crippen LogP contribution in [-0.2, 0) is 6.54 Å². The molecule has 1 heterocycles. The molecule has 0 aliphatic rings. The molecule has 0 aliphatic carbocycles. The van der Waals surface area contributed by atoms with Crippen molar-refractivity contribution in [1.29, 1.82) is 0 Å². The van der Waals surface area contributed by atoms with Gasteiger partial charge in [-0.1, -0.05) is 19.4 Å². The van der Waals surface area contributed by atoms with E-state index in [-0.39, 0.29) is 5.56 Å². The second-order valence-electron chi connectivity index (χ2n) is 3.57. The predicted molar refractivity (Wildman–Crippen MR) is 63.1 cm³/mol. The van der Waals surface area contributed by atoms with E-state index in [0.29, 0.717) is 5.92 Å². The fourth-order valence-corrected chi connectivity index (χ4v) is 1.81. The minimum atomic E-state index is 0.0882. The van der Waals surface area contributed by atoms with Crippen molar-refractivity contribution in [3.05, 3.63) is 34.2 Å². The molecule has 1 atom stereocenters. The number of hydrogen-bond acceptors (Lipinski definition) is 2. The zero-order valence-corrected chi connectivity index (χ0v) is 9.63. The zero-order valence-electron chi connectivity index (χ0n) is 8.73. The summed E-state index contributed by atoms with van der Waals surface area (Å²) in [6.07, 6.45) is 1.06. The minimum absolute atomic E-state index is 0.0882. The first-order chi connectivity index (χ1) is 6.69. The Balaban J connectivity index is 2.90. The molecule has 0 amide bonds. The maximum atomic E-state index is 11.5. The Bertz CT molecular complexity index is 341. The second-order valence-corrected chi connectivity index (χ2v) is 3.94. The highest BCUT2D eigenvalue weighted by molar-refractivity contribution is 7.80. The molecule has 0 bridgehead atoms. The lowest BCUT2D eigenvalue weighted by molar-refractivity contribution is 0.461. The van der Waals surface area contributed by atoms with Crippen LogP contribution in [0, 0.1) is 12.8 Å². The number of pyridine rings is 1. The van der Waals surface area contributed by atoms with Gasteiger partial charge in [0.25, 0.3) is 5.56 Å². The summed E-state index contributed by atoms with van der Waals surface area (Å²) in [5.41, 5.74) is 1.11. The molecule has 0 saturated carbocycles. The van der Waals surface area contributed by atoms with Gasteiger partial charge in [-0.2, -0.15) is 12.6 Å². The third-order valence-corrected chi connectivity index (χ3v) is 3.06. The molecule has 2 nitrogen and oxygen atoms in total. The van der Waals surface area contributed by atoms with E-state index >= 15 is 0 Å². The van der Waals surface area contributed by atoms with Crippen LogP contribution >= 0.6 is 12.6 Å². The Morgan fingerprint density at radius 3 is 2.71 bits per heavy atom. The van der Waals surface area contributed by atoms with Gasteiger partial charge in [0.15, 0.2) is 0 Å². The summed E-state index contributed by atoms with van der Waals surface area (Å²) in [5.74, 6) is 1.31. The van der Waals surface area contributed by atoms with Gasteiger partial charge in [-0.05, 0) is 24.7 Å². The maximum Gasteiger partial charge on any atom is 0.250 e. The molecule has 0 aliphatic heterocycles. The number of hydrogen-bond donors (Lipinski definition) is 1. The largest absolute Gasteiger partial charge is 0.313 e. The minimum Gasteiger partial charge on any atom is -0.313 e. The third-order valence-electron chi connectivity index (χ3n) is 2.54. The summed E-state index contributed by atoms with van der Waals surface area (Å²) in [5, 5.41) is 0. The fourth-order valence-electron chi connectivity index (χ4n) is 1.43. The van der Waals surface area contributed by atoms with Crippen molar-refractivity contribution in [2.24, 2.45) is 5.92 Å². The summed E-state index contributed by atoms with van der Waals surface area (Å²) in [4.78, 5) is 11.5. The van der Waals surface area contributed by atoms with Crippen molar-refractivity contribution in [2.75, 3.05) is 5.75 Å². The average molecular weight is 211 g/mol. The Morgan fingerprint density at radius 2 is 2.21 bits per heavy atom. The van der Waals surface area contributed by atoms with E-state index in [1.165, 1.54) is 0 Å². The molecular formula is C11H17NOS. The molecule has 0 fully saturated rings. The second kappa shape index (κ2) is 5.25. The van der Waals surface area contributed by atoms with Gasteiger partial charge in [0, 0.05) is 18.3 Å². The van der Waals surface area contributed by atoms with Crippen molar-refractivity contribution in [3.8, 4) is 0 Å². The smallest absolute Gasteiger partial charge is 0.250 e. The van der Waals surface area contributed by atoms with Crippen LogP contribution in [0.2, 0.25) is 0 Å². The number of rotatable bonds is 4. The van der Waals surface area contributed by atoms with Gasteiger partial charge in [-0.3, -0.25) is 4.79 Å². The van der Waals surface area contributed by atoms with Gasteiger partial charge in [-0.25, -0.2) is 0 Å². The first-order valence-corrected chi connectivity index (χ1v) is 5.59. The molecule has 0 radical (unpaired) electrons. The van der Waals surface area contributed by atoms with Crippen LogP contribution in [0.4, 0.5) is 0 Å². The fraction of sp³-hybridized carbons (Fsp3) is 0.545. The molecule has 1 rings (SSSR count). The molecular weight excluding hydrogens is 194 g/mol. The lowest BCUT2D eigenvalue weighted by atomic mass is 10.1. The number of nitrogens with zero attached hydrogens (tertiary/aromatic N) is 1. The van der Waals surface area contributed by atoms with Crippen LogP contribution in [0.3, 0.4) is 0 Å². The maximum absolute atomic E-state index is 11.5. The Hall–Kier alpha value is -0.700. The van der Waals surface area contributed by atoms with Crippen LogP contribution in [0.25, 0.3) is 0 Å². The van der Waals surface area contributed by atoms with Gasteiger partial charge < -0.3 is 4.57 Å². The van der Waals surface area contributed by atoms with Crippen molar-refractivity contribution in [2.45, 2.75) is 26.8 Å². The molecule has 1 aromatic heterocycles. The predicted octanol–water partition coefficient (Wildman–Crippen LogP) is 2.11. The molecule has 1 unspecified atom stereocenters. The summed E-state index contributed by atoms with van der Waals surface area (Å²) >= 11 is 4.28. The lowest BCUT2D eigenvalue weighted by Gasteiger charge is -2.15. The van der Waals surface area contributed by atoms with Crippen LogP contribution < -0.4 is 5.56 Å². The summed E-state index contributed by atoms with van der Waals surface area (Å²) in [6, 6.07) is 5.38. The van der Waals surface area contributed by atoms with Crippen LogP contribution in [0.15, 0.2) is 23.0 Å². The van der Waals surface area contributed by atoms with E-state index in [9.17, 15) is 4.79 Å². The van der Waals surface area contributed by atoms with E-state index < -0.39 is 0 Å². The van der Waals surface area contributed by atoms with Gasteiger partial charge in [-0.15, -0.1) is 0 Å². The first kappa shape index (κ1) is 11.4.